The molecule has 28 heavy (non-hydrogen) atoms. The van der Waals surface area contributed by atoms with Crippen LogP contribution in [0.3, 0.4) is 0 Å². The normalized spacial score (nSPS) is 15.8. The van der Waals surface area contributed by atoms with Gasteiger partial charge in [0.15, 0.2) is 6.10 Å². The molecule has 144 valence electrons. The van der Waals surface area contributed by atoms with Crippen molar-refractivity contribution in [2.24, 2.45) is 0 Å². The maximum absolute atomic E-state index is 13.1. The highest BCUT2D eigenvalue weighted by atomic mass is 16.5. The van der Waals surface area contributed by atoms with Gasteiger partial charge >= 0.3 is 0 Å². The van der Waals surface area contributed by atoms with Crippen molar-refractivity contribution in [3.8, 4) is 5.75 Å². The molecule has 2 amide bonds. The maximum Gasteiger partial charge on any atom is 0.265 e. The Bertz CT molecular complexity index is 1020. The number of likely N-dealkylation sites (N-methyl/N-ethyl adjacent to an activating group) is 1. The van der Waals surface area contributed by atoms with E-state index in [1.165, 1.54) is 4.90 Å². The number of hydrogen-bond acceptors (Lipinski definition) is 3. The molecule has 0 radical (unpaired) electrons. The third-order valence-electron chi connectivity index (χ3n) is 5.07. The van der Waals surface area contributed by atoms with Gasteiger partial charge < -0.3 is 19.5 Å². The minimum Gasteiger partial charge on any atom is -0.476 e. The zero-order valence-electron chi connectivity index (χ0n) is 16.0. The van der Waals surface area contributed by atoms with E-state index in [1.54, 1.807) is 25.1 Å². The number of nitrogens with zero attached hydrogens (tertiary/aromatic N) is 2. The van der Waals surface area contributed by atoms with Gasteiger partial charge in [-0.3, -0.25) is 9.59 Å². The molecule has 0 unspecified atom stereocenters. The first-order chi connectivity index (χ1) is 13.5. The molecule has 4 rings (SSSR count). The van der Waals surface area contributed by atoms with Gasteiger partial charge in [0, 0.05) is 37.6 Å². The number of carbonyl (C=O) groups excluding carboxylic acids is 2. The largest absolute Gasteiger partial charge is 0.476 e. The molecule has 2 aromatic carbocycles. The fraction of sp³-hybridized carbons (Fsp3) is 0.273. The summed E-state index contributed by atoms with van der Waals surface area (Å²) in [4.78, 5) is 31.9. The van der Waals surface area contributed by atoms with E-state index >= 15 is 0 Å². The van der Waals surface area contributed by atoms with E-state index in [0.29, 0.717) is 24.3 Å². The van der Waals surface area contributed by atoms with Crippen LogP contribution in [-0.2, 0) is 16.0 Å². The van der Waals surface area contributed by atoms with Gasteiger partial charge in [0.05, 0.1) is 12.2 Å². The van der Waals surface area contributed by atoms with Gasteiger partial charge in [-0.15, -0.1) is 0 Å². The molecule has 1 aliphatic heterocycles. The van der Waals surface area contributed by atoms with Gasteiger partial charge in [0.1, 0.15) is 5.75 Å². The maximum atomic E-state index is 13.1. The number of aromatic amines is 1. The van der Waals surface area contributed by atoms with Crippen molar-refractivity contribution in [3.63, 3.8) is 0 Å². The first kappa shape index (κ1) is 18.1. The number of anilines is 1. The molecule has 0 saturated heterocycles. The van der Waals surface area contributed by atoms with Crippen molar-refractivity contribution < 1.29 is 14.3 Å². The van der Waals surface area contributed by atoms with Gasteiger partial charge in [0.25, 0.3) is 5.91 Å². The van der Waals surface area contributed by atoms with E-state index in [2.05, 4.69) is 11.1 Å². The summed E-state index contributed by atoms with van der Waals surface area (Å²) in [6.45, 7) is 0.223. The van der Waals surface area contributed by atoms with E-state index in [1.807, 2.05) is 42.6 Å². The molecule has 0 spiro atoms. The minimum absolute atomic E-state index is 0.0161. The number of carbonyl (C=O) groups is 2. The summed E-state index contributed by atoms with van der Waals surface area (Å²) in [5.41, 5.74) is 2.90. The molecule has 1 aromatic heterocycles. The van der Waals surface area contributed by atoms with Crippen LogP contribution in [0.1, 0.15) is 12.0 Å². The SMILES string of the molecule is CN(C)C(=O)[C@H]1CN(C(=O)CCc2c[nH]c3ccccc23)c2ccccc2O1. The zero-order valence-corrected chi connectivity index (χ0v) is 16.0. The molecule has 6 nitrogen and oxygen atoms in total. The van der Waals surface area contributed by atoms with Crippen LogP contribution in [0.4, 0.5) is 5.69 Å². The van der Waals surface area contributed by atoms with Gasteiger partial charge in [-0.05, 0) is 30.2 Å². The van der Waals surface area contributed by atoms with Crippen LogP contribution in [0.25, 0.3) is 10.9 Å². The standard InChI is InChI=1S/C22H23N3O3/c1-24(2)22(27)20-14-25(18-9-5-6-10-19(18)28-20)21(26)12-11-15-13-23-17-8-4-3-7-16(15)17/h3-10,13,20,23H,11-12,14H2,1-2H3/t20-/m1/s1. The Kier molecular flexibility index (Phi) is 4.77. The summed E-state index contributed by atoms with van der Waals surface area (Å²) in [7, 11) is 3.38. The number of amides is 2. The Labute approximate surface area is 163 Å². The van der Waals surface area contributed by atoms with Gasteiger partial charge in [-0.25, -0.2) is 0 Å². The second-order valence-electron chi connectivity index (χ2n) is 7.17. The molecule has 1 atom stereocenters. The summed E-state index contributed by atoms with van der Waals surface area (Å²) in [6.07, 6.45) is 2.26. The third kappa shape index (κ3) is 3.33. The van der Waals surface area contributed by atoms with E-state index in [-0.39, 0.29) is 18.4 Å². The van der Waals surface area contributed by atoms with E-state index < -0.39 is 6.10 Å². The lowest BCUT2D eigenvalue weighted by Gasteiger charge is -2.35. The molecule has 3 aromatic rings. The average molecular weight is 377 g/mol. The van der Waals surface area contributed by atoms with Gasteiger partial charge in [-0.2, -0.15) is 0 Å². The Morgan fingerprint density at radius 3 is 2.71 bits per heavy atom. The van der Waals surface area contributed by atoms with Crippen molar-refractivity contribution in [2.75, 3.05) is 25.5 Å². The Hall–Kier alpha value is -3.28. The number of fused-ring (bicyclic) bond motifs is 2. The van der Waals surface area contributed by atoms with Gasteiger partial charge in [-0.1, -0.05) is 30.3 Å². The lowest BCUT2D eigenvalue weighted by Crippen LogP contribution is -2.50. The molecule has 1 N–H and O–H groups in total. The fourth-order valence-corrected chi connectivity index (χ4v) is 3.60. The molecular formula is C22H23N3O3. The van der Waals surface area contributed by atoms with Crippen LogP contribution >= 0.6 is 0 Å². The summed E-state index contributed by atoms with van der Waals surface area (Å²) in [6, 6.07) is 15.4. The molecular weight excluding hydrogens is 354 g/mol. The second-order valence-corrected chi connectivity index (χ2v) is 7.17. The smallest absolute Gasteiger partial charge is 0.265 e. The predicted octanol–water partition coefficient (Wildman–Crippen LogP) is 2.98. The summed E-state index contributed by atoms with van der Waals surface area (Å²) < 4.78 is 5.85. The number of H-pyrrole nitrogens is 1. The number of para-hydroxylation sites is 3. The monoisotopic (exact) mass is 377 g/mol. The van der Waals surface area contributed by atoms with Crippen molar-refractivity contribution in [1.82, 2.24) is 9.88 Å². The van der Waals surface area contributed by atoms with Crippen molar-refractivity contribution >= 4 is 28.4 Å². The molecule has 0 saturated carbocycles. The lowest BCUT2D eigenvalue weighted by molar-refractivity contribution is -0.136. The first-order valence-electron chi connectivity index (χ1n) is 9.37. The molecule has 0 aliphatic carbocycles. The Morgan fingerprint density at radius 2 is 1.89 bits per heavy atom. The number of hydrogen-bond donors (Lipinski definition) is 1. The number of rotatable bonds is 4. The van der Waals surface area contributed by atoms with Crippen molar-refractivity contribution in [2.45, 2.75) is 18.9 Å². The van der Waals surface area contributed by atoms with Crippen molar-refractivity contribution in [3.05, 3.63) is 60.3 Å². The number of nitrogens with one attached hydrogen (secondary N) is 1. The quantitative estimate of drug-likeness (QED) is 0.760. The molecule has 2 heterocycles. The summed E-state index contributed by atoms with van der Waals surface area (Å²) in [5, 5.41) is 1.14. The van der Waals surface area contributed by atoms with Crippen LogP contribution < -0.4 is 9.64 Å². The van der Waals surface area contributed by atoms with Crippen LogP contribution in [0.5, 0.6) is 5.75 Å². The second kappa shape index (κ2) is 7.38. The molecule has 0 fully saturated rings. The fourth-order valence-electron chi connectivity index (χ4n) is 3.60. The number of benzene rings is 2. The van der Waals surface area contributed by atoms with Crippen molar-refractivity contribution in [1.29, 1.82) is 0 Å². The minimum atomic E-state index is -0.693. The average Bonchev–Trinajstić information content (AvgIpc) is 3.13. The number of aryl methyl sites for hydroxylation is 1. The van der Waals surface area contributed by atoms with E-state index in [9.17, 15) is 9.59 Å². The molecule has 1 aliphatic rings. The van der Waals surface area contributed by atoms with Crippen LogP contribution in [0.2, 0.25) is 0 Å². The Balaban J connectivity index is 1.54. The summed E-state index contributed by atoms with van der Waals surface area (Å²) >= 11 is 0. The topological polar surface area (TPSA) is 65.6 Å². The Morgan fingerprint density at radius 1 is 1.14 bits per heavy atom. The van der Waals surface area contributed by atoms with Crippen LogP contribution in [-0.4, -0.2) is 48.4 Å². The molecule has 0 bridgehead atoms. The highest BCUT2D eigenvalue weighted by Crippen LogP contribution is 2.34. The third-order valence-corrected chi connectivity index (χ3v) is 5.07. The number of aromatic nitrogens is 1. The first-order valence-corrected chi connectivity index (χ1v) is 9.37. The highest BCUT2D eigenvalue weighted by molar-refractivity contribution is 5.97. The summed E-state index contributed by atoms with van der Waals surface area (Å²) in [5.74, 6) is 0.399. The lowest BCUT2D eigenvalue weighted by atomic mass is 10.1. The number of ether oxygens (including phenoxy) is 1. The zero-order chi connectivity index (χ0) is 19.7. The van der Waals surface area contributed by atoms with E-state index in [4.69, 9.17) is 4.74 Å². The highest BCUT2D eigenvalue weighted by Gasteiger charge is 2.34. The van der Waals surface area contributed by atoms with E-state index in [0.717, 1.165) is 16.5 Å². The van der Waals surface area contributed by atoms with Crippen LogP contribution in [0.15, 0.2) is 54.7 Å². The molecule has 6 heteroatoms. The van der Waals surface area contributed by atoms with Crippen LogP contribution in [0, 0.1) is 0 Å². The van der Waals surface area contributed by atoms with Gasteiger partial charge in [0.2, 0.25) is 5.91 Å². The predicted molar refractivity (Wildman–Crippen MR) is 109 cm³/mol.